The summed E-state index contributed by atoms with van der Waals surface area (Å²) in [6.07, 6.45) is 2.71. The smallest absolute Gasteiger partial charge is 0.243 e. The Morgan fingerprint density at radius 3 is 2.64 bits per heavy atom. The third kappa shape index (κ3) is 2.90. The zero-order valence-electron chi connectivity index (χ0n) is 12.4. The van der Waals surface area contributed by atoms with Crippen molar-refractivity contribution in [2.75, 3.05) is 19.9 Å². The minimum absolute atomic E-state index is 0. The quantitative estimate of drug-likeness (QED) is 0.898. The number of piperidine rings is 1. The van der Waals surface area contributed by atoms with Crippen LogP contribution in [0, 0.1) is 6.92 Å². The predicted molar refractivity (Wildman–Crippen MR) is 85.1 cm³/mol. The summed E-state index contributed by atoms with van der Waals surface area (Å²) in [5.41, 5.74) is 6.41. The summed E-state index contributed by atoms with van der Waals surface area (Å²) in [4.78, 5) is 0.284. The minimum atomic E-state index is -3.56. The van der Waals surface area contributed by atoms with Crippen LogP contribution in [-0.2, 0) is 10.0 Å². The van der Waals surface area contributed by atoms with Gasteiger partial charge in [0.05, 0.1) is 4.90 Å². The summed E-state index contributed by atoms with van der Waals surface area (Å²) in [6, 6.07) is 3.17. The van der Waals surface area contributed by atoms with Gasteiger partial charge < -0.3 is 15.2 Å². The van der Waals surface area contributed by atoms with E-state index in [1.165, 1.54) is 0 Å². The molecule has 1 atom stereocenters. The molecule has 2 aliphatic rings. The first-order valence-electron chi connectivity index (χ1n) is 7.16. The molecule has 1 aromatic carbocycles. The van der Waals surface area contributed by atoms with Crippen molar-refractivity contribution in [2.24, 2.45) is 5.73 Å². The largest absolute Gasteiger partial charge is 0.454 e. The van der Waals surface area contributed by atoms with Crippen molar-refractivity contribution in [1.29, 1.82) is 0 Å². The first-order chi connectivity index (χ1) is 10.0. The molecule has 1 fully saturated rings. The maximum absolute atomic E-state index is 13.0. The van der Waals surface area contributed by atoms with Gasteiger partial charge in [-0.3, -0.25) is 0 Å². The summed E-state index contributed by atoms with van der Waals surface area (Å²) in [5, 5.41) is 0. The van der Waals surface area contributed by atoms with Gasteiger partial charge in [0.2, 0.25) is 16.8 Å². The van der Waals surface area contributed by atoms with Crippen LogP contribution in [0.5, 0.6) is 11.5 Å². The van der Waals surface area contributed by atoms with Gasteiger partial charge in [0, 0.05) is 25.2 Å². The second-order valence-corrected chi connectivity index (χ2v) is 7.33. The Morgan fingerprint density at radius 1 is 1.27 bits per heavy atom. The Bertz CT molecular complexity index is 650. The minimum Gasteiger partial charge on any atom is -0.454 e. The highest BCUT2D eigenvalue weighted by Gasteiger charge is 2.34. The molecule has 0 amide bonds. The molecule has 0 saturated carbocycles. The van der Waals surface area contributed by atoms with Crippen molar-refractivity contribution in [2.45, 2.75) is 37.1 Å². The van der Waals surface area contributed by atoms with Crippen LogP contribution in [0.2, 0.25) is 0 Å². The fourth-order valence-electron chi connectivity index (χ4n) is 2.96. The lowest BCUT2D eigenvalue weighted by atomic mass is 10.1. The molecular formula is C14H21ClN2O4S. The van der Waals surface area contributed by atoms with E-state index in [9.17, 15) is 8.42 Å². The number of nitrogens with zero attached hydrogens (tertiary/aromatic N) is 1. The molecule has 0 aliphatic carbocycles. The lowest BCUT2D eigenvalue weighted by Crippen LogP contribution is -2.47. The molecule has 1 unspecified atom stereocenters. The van der Waals surface area contributed by atoms with Gasteiger partial charge in [-0.05, 0) is 31.4 Å². The molecule has 0 radical (unpaired) electrons. The number of hydrogen-bond donors (Lipinski definition) is 1. The van der Waals surface area contributed by atoms with Crippen molar-refractivity contribution in [3.05, 3.63) is 17.7 Å². The molecule has 0 bridgehead atoms. The summed E-state index contributed by atoms with van der Waals surface area (Å²) in [7, 11) is -3.56. The normalized spacial score (nSPS) is 21.5. The van der Waals surface area contributed by atoms with Gasteiger partial charge in [-0.25, -0.2) is 8.42 Å². The van der Waals surface area contributed by atoms with Gasteiger partial charge in [-0.1, -0.05) is 6.42 Å². The number of ether oxygens (including phenoxy) is 2. The molecule has 0 spiro atoms. The Kier molecular flexibility index (Phi) is 5.21. The zero-order chi connectivity index (χ0) is 15.0. The van der Waals surface area contributed by atoms with Crippen LogP contribution in [0.15, 0.2) is 17.0 Å². The fourth-order valence-corrected chi connectivity index (χ4v) is 4.88. The predicted octanol–water partition coefficient (Wildman–Crippen LogP) is 1.65. The number of sulfonamides is 1. The SMILES string of the molecule is Cc1cc2c(cc1S(=O)(=O)N1CCCCC1CN)OCO2.Cl. The average molecular weight is 349 g/mol. The molecule has 1 saturated heterocycles. The number of halogens is 1. The summed E-state index contributed by atoms with van der Waals surface area (Å²) in [5.74, 6) is 1.08. The second kappa shape index (κ2) is 6.62. The molecule has 6 nitrogen and oxygen atoms in total. The highest BCUT2D eigenvalue weighted by atomic mass is 35.5. The van der Waals surface area contributed by atoms with Crippen LogP contribution in [-0.4, -0.2) is 38.6 Å². The standard InChI is InChI=1S/C14H20N2O4S.ClH/c1-10-6-12-13(20-9-19-12)7-14(10)21(17,18)16-5-3-2-4-11(16)8-15;/h6-7,11H,2-5,8-9,15H2,1H3;1H. The van der Waals surface area contributed by atoms with E-state index in [-0.39, 0.29) is 30.1 Å². The van der Waals surface area contributed by atoms with Gasteiger partial charge in [0.1, 0.15) is 0 Å². The van der Waals surface area contributed by atoms with Crippen LogP contribution < -0.4 is 15.2 Å². The molecule has 0 aromatic heterocycles. The number of hydrogen-bond acceptors (Lipinski definition) is 5. The molecular weight excluding hydrogens is 328 g/mol. The molecule has 1 aromatic rings. The van der Waals surface area contributed by atoms with E-state index in [2.05, 4.69) is 0 Å². The fraction of sp³-hybridized carbons (Fsp3) is 0.571. The van der Waals surface area contributed by atoms with Crippen LogP contribution in [0.4, 0.5) is 0 Å². The van der Waals surface area contributed by atoms with Crippen LogP contribution in [0.25, 0.3) is 0 Å². The number of nitrogens with two attached hydrogens (primary N) is 1. The van der Waals surface area contributed by atoms with E-state index < -0.39 is 10.0 Å². The van der Waals surface area contributed by atoms with E-state index >= 15 is 0 Å². The topological polar surface area (TPSA) is 81.9 Å². The molecule has 2 N–H and O–H groups in total. The Balaban J connectivity index is 0.00000176. The van der Waals surface area contributed by atoms with E-state index in [0.717, 1.165) is 19.3 Å². The lowest BCUT2D eigenvalue weighted by Gasteiger charge is -2.34. The number of fused-ring (bicyclic) bond motifs is 1. The Morgan fingerprint density at radius 2 is 1.95 bits per heavy atom. The third-order valence-corrected chi connectivity index (χ3v) is 6.20. The molecule has 22 heavy (non-hydrogen) atoms. The molecule has 3 rings (SSSR count). The monoisotopic (exact) mass is 348 g/mol. The van der Waals surface area contributed by atoms with Crippen molar-refractivity contribution < 1.29 is 17.9 Å². The number of aryl methyl sites for hydroxylation is 1. The average Bonchev–Trinajstić information content (AvgIpc) is 2.93. The molecule has 8 heteroatoms. The lowest BCUT2D eigenvalue weighted by molar-refractivity contribution is 0.174. The zero-order valence-corrected chi connectivity index (χ0v) is 14.1. The van der Waals surface area contributed by atoms with Crippen molar-refractivity contribution >= 4 is 22.4 Å². The molecule has 124 valence electrons. The van der Waals surface area contributed by atoms with Gasteiger partial charge in [0.15, 0.2) is 11.5 Å². The van der Waals surface area contributed by atoms with Crippen LogP contribution >= 0.6 is 12.4 Å². The molecule has 2 heterocycles. The Labute approximate surface area is 137 Å². The maximum atomic E-state index is 13.0. The van der Waals surface area contributed by atoms with Crippen molar-refractivity contribution in [3.63, 3.8) is 0 Å². The van der Waals surface area contributed by atoms with Gasteiger partial charge in [-0.15, -0.1) is 12.4 Å². The summed E-state index contributed by atoms with van der Waals surface area (Å²) in [6.45, 7) is 2.78. The van der Waals surface area contributed by atoms with E-state index in [4.69, 9.17) is 15.2 Å². The Hall–Kier alpha value is -1.02. The summed E-state index contributed by atoms with van der Waals surface area (Å²) >= 11 is 0. The van der Waals surface area contributed by atoms with Crippen LogP contribution in [0.1, 0.15) is 24.8 Å². The highest BCUT2D eigenvalue weighted by molar-refractivity contribution is 7.89. The number of rotatable bonds is 3. The van der Waals surface area contributed by atoms with E-state index in [0.29, 0.717) is 30.2 Å². The molecule has 2 aliphatic heterocycles. The van der Waals surface area contributed by atoms with Gasteiger partial charge in [-0.2, -0.15) is 4.31 Å². The van der Waals surface area contributed by atoms with Crippen LogP contribution in [0.3, 0.4) is 0 Å². The van der Waals surface area contributed by atoms with E-state index in [1.807, 2.05) is 0 Å². The second-order valence-electron chi connectivity index (χ2n) is 5.47. The first-order valence-corrected chi connectivity index (χ1v) is 8.60. The van der Waals surface area contributed by atoms with E-state index in [1.54, 1.807) is 23.4 Å². The number of benzene rings is 1. The van der Waals surface area contributed by atoms with Gasteiger partial charge in [0.25, 0.3) is 0 Å². The first kappa shape index (κ1) is 17.3. The maximum Gasteiger partial charge on any atom is 0.243 e. The van der Waals surface area contributed by atoms with Crippen molar-refractivity contribution in [1.82, 2.24) is 4.31 Å². The van der Waals surface area contributed by atoms with Gasteiger partial charge >= 0.3 is 0 Å². The summed E-state index contributed by atoms with van der Waals surface area (Å²) < 4.78 is 38.0. The van der Waals surface area contributed by atoms with Crippen molar-refractivity contribution in [3.8, 4) is 11.5 Å². The third-order valence-electron chi connectivity index (χ3n) is 4.10. The highest BCUT2D eigenvalue weighted by Crippen LogP contribution is 2.37.